The van der Waals surface area contributed by atoms with Crippen LogP contribution in [0.2, 0.25) is 0 Å². The minimum atomic E-state index is -4.46. The second-order valence-corrected chi connectivity index (χ2v) is 6.26. The number of allylic oxidation sites excluding steroid dienone is 1. The number of hydrogen-bond donors (Lipinski definition) is 0. The van der Waals surface area contributed by atoms with E-state index in [0.29, 0.717) is 30.6 Å². The van der Waals surface area contributed by atoms with Gasteiger partial charge in [0.2, 0.25) is 5.91 Å². The number of nitrogens with zero attached hydrogens (tertiary/aromatic N) is 1. The number of halogens is 4. The molecule has 2 nitrogen and oxygen atoms in total. The van der Waals surface area contributed by atoms with Gasteiger partial charge in [-0.05, 0) is 37.3 Å². The van der Waals surface area contributed by atoms with E-state index in [-0.39, 0.29) is 24.1 Å². The van der Waals surface area contributed by atoms with E-state index in [0.717, 1.165) is 6.42 Å². The molecule has 1 saturated heterocycles. The van der Waals surface area contributed by atoms with E-state index in [2.05, 4.69) is 6.58 Å². The van der Waals surface area contributed by atoms with Gasteiger partial charge in [0, 0.05) is 31.0 Å². The molecule has 1 unspecified atom stereocenters. The molecule has 1 aliphatic heterocycles. The summed E-state index contributed by atoms with van der Waals surface area (Å²) < 4.78 is 51.6. The number of aryl methyl sites for hydroxylation is 1. The Labute approximate surface area is 139 Å². The van der Waals surface area contributed by atoms with Crippen molar-refractivity contribution in [2.24, 2.45) is 0 Å². The van der Waals surface area contributed by atoms with E-state index in [1.54, 1.807) is 30.0 Å². The molecule has 0 aliphatic carbocycles. The number of piperidine rings is 1. The van der Waals surface area contributed by atoms with Crippen molar-refractivity contribution in [3.05, 3.63) is 47.3 Å². The predicted octanol–water partition coefficient (Wildman–Crippen LogP) is 4.74. The highest BCUT2D eigenvalue weighted by atomic mass is 19.4. The second kappa shape index (κ2) is 7.36. The van der Waals surface area contributed by atoms with E-state index in [9.17, 15) is 22.4 Å². The number of alkyl halides is 3. The first-order valence-corrected chi connectivity index (χ1v) is 7.98. The summed E-state index contributed by atoms with van der Waals surface area (Å²) in [5.41, 5.74) is 0.235. The normalized spacial score (nSPS) is 18.5. The van der Waals surface area contributed by atoms with Crippen molar-refractivity contribution in [3.63, 3.8) is 0 Å². The number of rotatable bonds is 4. The Kier molecular flexibility index (Phi) is 5.67. The molecule has 24 heavy (non-hydrogen) atoms. The van der Waals surface area contributed by atoms with Crippen LogP contribution in [-0.4, -0.2) is 30.1 Å². The Hall–Kier alpha value is -1.85. The van der Waals surface area contributed by atoms with E-state index in [4.69, 9.17) is 0 Å². The maximum Gasteiger partial charge on any atom is 0.412 e. The molecule has 0 radical (unpaired) electrons. The van der Waals surface area contributed by atoms with Gasteiger partial charge in [-0.15, -0.1) is 0 Å². The summed E-state index contributed by atoms with van der Waals surface area (Å²) in [4.78, 5) is 13.7. The molecular formula is C18H21F4NO. The van der Waals surface area contributed by atoms with E-state index < -0.39 is 18.2 Å². The molecule has 1 aromatic carbocycles. The maximum atomic E-state index is 14.3. The topological polar surface area (TPSA) is 20.3 Å². The van der Waals surface area contributed by atoms with Crippen LogP contribution in [0, 0.1) is 12.7 Å². The van der Waals surface area contributed by atoms with Crippen molar-refractivity contribution < 1.29 is 22.4 Å². The molecule has 0 saturated carbocycles. The van der Waals surface area contributed by atoms with Gasteiger partial charge < -0.3 is 4.90 Å². The van der Waals surface area contributed by atoms with Crippen LogP contribution < -0.4 is 0 Å². The highest BCUT2D eigenvalue weighted by Crippen LogP contribution is 2.31. The average molecular weight is 343 g/mol. The van der Waals surface area contributed by atoms with Crippen LogP contribution in [0.5, 0.6) is 0 Å². The third kappa shape index (κ3) is 4.36. The first-order chi connectivity index (χ1) is 11.2. The van der Waals surface area contributed by atoms with Gasteiger partial charge >= 0.3 is 6.18 Å². The Morgan fingerprint density at radius 2 is 2.04 bits per heavy atom. The summed E-state index contributed by atoms with van der Waals surface area (Å²) in [6.45, 7) is 5.52. The zero-order valence-corrected chi connectivity index (χ0v) is 13.6. The summed E-state index contributed by atoms with van der Waals surface area (Å²) in [5.74, 6) is -0.714. The van der Waals surface area contributed by atoms with Gasteiger partial charge in [-0.25, -0.2) is 4.39 Å². The number of amides is 1. The lowest BCUT2D eigenvalue weighted by Crippen LogP contribution is -2.39. The van der Waals surface area contributed by atoms with Crippen molar-refractivity contribution in [1.29, 1.82) is 0 Å². The van der Waals surface area contributed by atoms with Crippen LogP contribution in [0.15, 0.2) is 30.4 Å². The molecule has 0 N–H and O–H groups in total. The molecule has 1 fully saturated rings. The van der Waals surface area contributed by atoms with Gasteiger partial charge in [0.1, 0.15) is 5.82 Å². The fourth-order valence-electron chi connectivity index (χ4n) is 3.00. The highest BCUT2D eigenvalue weighted by Gasteiger charge is 2.32. The van der Waals surface area contributed by atoms with Gasteiger partial charge in [-0.3, -0.25) is 4.79 Å². The lowest BCUT2D eigenvalue weighted by molar-refractivity contribution is -0.132. The van der Waals surface area contributed by atoms with Gasteiger partial charge in [-0.1, -0.05) is 24.8 Å². The molecule has 132 valence electrons. The first-order valence-electron chi connectivity index (χ1n) is 7.98. The molecule has 1 heterocycles. The Morgan fingerprint density at radius 1 is 1.33 bits per heavy atom. The van der Waals surface area contributed by atoms with Gasteiger partial charge in [0.25, 0.3) is 0 Å². The van der Waals surface area contributed by atoms with Crippen LogP contribution >= 0.6 is 0 Å². The fraction of sp³-hybridized carbons (Fsp3) is 0.500. The van der Waals surface area contributed by atoms with Crippen LogP contribution in [-0.2, 0) is 4.79 Å². The Bertz CT molecular complexity index is 624. The summed E-state index contributed by atoms with van der Waals surface area (Å²) in [7, 11) is 0. The number of benzene rings is 1. The van der Waals surface area contributed by atoms with Crippen molar-refractivity contribution >= 4 is 5.91 Å². The Balaban J connectivity index is 1.99. The zero-order valence-electron chi connectivity index (χ0n) is 13.6. The SMILES string of the molecule is C=C(CCC(=O)N1CCCC(c2cccc(C)c2F)C1)C(F)(F)F. The van der Waals surface area contributed by atoms with E-state index >= 15 is 0 Å². The largest absolute Gasteiger partial charge is 0.412 e. The standard InChI is InChI=1S/C18H21F4NO/c1-12-5-3-7-15(17(12)19)14-6-4-10-23(11-14)16(24)9-8-13(2)18(20,21)22/h3,5,7,14H,2,4,6,8-11H2,1H3. The number of carbonyl (C=O) groups is 1. The van der Waals surface area contributed by atoms with E-state index in [1.165, 1.54) is 0 Å². The number of likely N-dealkylation sites (tertiary alicyclic amines) is 1. The summed E-state index contributed by atoms with van der Waals surface area (Å²) >= 11 is 0. The minimum absolute atomic E-state index is 0.117. The van der Waals surface area contributed by atoms with Crippen molar-refractivity contribution in [2.45, 2.75) is 44.7 Å². The van der Waals surface area contributed by atoms with Crippen LogP contribution in [0.3, 0.4) is 0 Å². The monoisotopic (exact) mass is 343 g/mol. The zero-order chi connectivity index (χ0) is 17.9. The average Bonchev–Trinajstić information content (AvgIpc) is 2.54. The molecule has 0 aromatic heterocycles. The third-order valence-corrected chi connectivity index (χ3v) is 4.48. The summed E-state index contributed by atoms with van der Waals surface area (Å²) in [5, 5.41) is 0. The number of hydrogen-bond acceptors (Lipinski definition) is 1. The smallest absolute Gasteiger partial charge is 0.342 e. The fourth-order valence-corrected chi connectivity index (χ4v) is 3.00. The predicted molar refractivity (Wildman–Crippen MR) is 84.1 cm³/mol. The number of carbonyl (C=O) groups excluding carboxylic acids is 1. The molecule has 1 aliphatic rings. The van der Waals surface area contributed by atoms with Crippen LogP contribution in [0.25, 0.3) is 0 Å². The lowest BCUT2D eigenvalue weighted by atomic mass is 9.89. The van der Waals surface area contributed by atoms with Crippen LogP contribution in [0.4, 0.5) is 17.6 Å². The molecule has 6 heteroatoms. The van der Waals surface area contributed by atoms with Crippen molar-refractivity contribution in [3.8, 4) is 0 Å². The summed E-state index contributed by atoms with van der Waals surface area (Å²) in [6.07, 6.45) is -3.61. The molecule has 1 aromatic rings. The first kappa shape index (κ1) is 18.5. The second-order valence-electron chi connectivity index (χ2n) is 6.26. The Morgan fingerprint density at radius 3 is 2.71 bits per heavy atom. The van der Waals surface area contributed by atoms with Gasteiger partial charge in [0.15, 0.2) is 0 Å². The quantitative estimate of drug-likeness (QED) is 0.571. The van der Waals surface area contributed by atoms with Gasteiger partial charge in [0.05, 0.1) is 0 Å². The molecule has 1 amide bonds. The minimum Gasteiger partial charge on any atom is -0.342 e. The summed E-state index contributed by atoms with van der Waals surface area (Å²) in [6, 6.07) is 5.18. The lowest BCUT2D eigenvalue weighted by Gasteiger charge is -2.33. The molecule has 0 spiro atoms. The van der Waals surface area contributed by atoms with Gasteiger partial charge in [-0.2, -0.15) is 13.2 Å². The maximum absolute atomic E-state index is 14.3. The van der Waals surface area contributed by atoms with Crippen molar-refractivity contribution in [1.82, 2.24) is 4.90 Å². The highest BCUT2D eigenvalue weighted by molar-refractivity contribution is 5.76. The molecule has 1 atom stereocenters. The molecule has 2 rings (SSSR count). The third-order valence-electron chi connectivity index (χ3n) is 4.48. The molecular weight excluding hydrogens is 322 g/mol. The molecule has 0 bridgehead atoms. The van der Waals surface area contributed by atoms with Crippen LogP contribution in [0.1, 0.15) is 42.7 Å². The van der Waals surface area contributed by atoms with E-state index in [1.807, 2.05) is 0 Å². The van der Waals surface area contributed by atoms with Crippen molar-refractivity contribution in [2.75, 3.05) is 13.1 Å².